The van der Waals surface area contributed by atoms with Crippen molar-refractivity contribution in [3.05, 3.63) is 30.1 Å². The normalized spacial score (nSPS) is 28.1. The summed E-state index contributed by atoms with van der Waals surface area (Å²) in [6, 6.07) is 5.45. The van der Waals surface area contributed by atoms with Crippen LogP contribution < -0.4 is 4.90 Å². The number of carbonyl (C=O) groups excluding carboxylic acids is 1. The molecule has 2 saturated heterocycles. The number of carbonyl (C=O) groups is 1. The van der Waals surface area contributed by atoms with Crippen molar-refractivity contribution in [3.8, 4) is 0 Å². The maximum atomic E-state index is 13.5. The lowest BCUT2D eigenvalue weighted by Gasteiger charge is -2.24. The van der Waals surface area contributed by atoms with Crippen LogP contribution >= 0.6 is 23.4 Å². The van der Waals surface area contributed by atoms with Crippen LogP contribution in [0.15, 0.2) is 29.3 Å². The molecule has 1 aromatic rings. The maximum Gasteiger partial charge on any atom is 0.262 e. The third-order valence-electron chi connectivity index (χ3n) is 3.49. The van der Waals surface area contributed by atoms with E-state index < -0.39 is 21.6 Å². The second kappa shape index (κ2) is 5.82. The van der Waals surface area contributed by atoms with Crippen molar-refractivity contribution < 1.29 is 17.6 Å². The highest BCUT2D eigenvalue weighted by molar-refractivity contribution is 8.16. The highest BCUT2D eigenvalue weighted by Crippen LogP contribution is 2.41. The smallest absolute Gasteiger partial charge is 0.262 e. The number of aliphatic imine (C=N–C) groups is 1. The van der Waals surface area contributed by atoms with Gasteiger partial charge in [-0.3, -0.25) is 4.79 Å². The van der Waals surface area contributed by atoms with Crippen LogP contribution in [0.2, 0.25) is 0 Å². The van der Waals surface area contributed by atoms with Gasteiger partial charge in [0.1, 0.15) is 11.7 Å². The summed E-state index contributed by atoms with van der Waals surface area (Å²) in [5, 5.41) is 0.163. The molecule has 22 heavy (non-hydrogen) atoms. The second-order valence-electron chi connectivity index (χ2n) is 5.07. The first-order valence-electron chi connectivity index (χ1n) is 6.49. The molecule has 2 atom stereocenters. The molecule has 0 unspecified atom stereocenters. The van der Waals surface area contributed by atoms with Crippen LogP contribution in [0.1, 0.15) is 0 Å². The Bertz CT molecular complexity index is 753. The molecule has 0 radical (unpaired) electrons. The molecule has 2 aliphatic rings. The number of hydrogen-bond donors (Lipinski definition) is 0. The lowest BCUT2D eigenvalue weighted by Crippen LogP contribution is -2.37. The molecule has 2 heterocycles. The Kier molecular flexibility index (Phi) is 4.17. The standard InChI is InChI=1S/C13H12ClFN2O3S2/c14-5-12(18)16-13-17(9-3-1-2-8(15)4-9)10-6-22(19,20)7-11(10)21-13/h1-4,10-11H,5-7H2/t10-,11+/m0/s1. The van der Waals surface area contributed by atoms with Gasteiger partial charge in [0, 0.05) is 10.9 Å². The third-order valence-corrected chi connectivity index (χ3v) is 6.93. The van der Waals surface area contributed by atoms with Gasteiger partial charge in [-0.05, 0) is 18.2 Å². The van der Waals surface area contributed by atoms with Crippen LogP contribution in [0.3, 0.4) is 0 Å². The van der Waals surface area contributed by atoms with Crippen molar-refractivity contribution in [2.45, 2.75) is 11.3 Å². The van der Waals surface area contributed by atoms with Crippen molar-refractivity contribution in [3.63, 3.8) is 0 Å². The minimum atomic E-state index is -3.14. The Hall–Kier alpha value is -1.12. The van der Waals surface area contributed by atoms with Gasteiger partial charge in [-0.15, -0.1) is 11.6 Å². The highest BCUT2D eigenvalue weighted by Gasteiger charge is 2.49. The number of amidine groups is 1. The summed E-state index contributed by atoms with van der Waals surface area (Å²) in [5.74, 6) is -1.20. The fourth-order valence-corrected chi connectivity index (χ4v) is 6.62. The van der Waals surface area contributed by atoms with Gasteiger partial charge in [0.05, 0.1) is 17.5 Å². The number of fused-ring (bicyclic) bond motifs is 1. The molecule has 0 N–H and O–H groups in total. The molecule has 1 aromatic carbocycles. The summed E-state index contributed by atoms with van der Waals surface area (Å²) in [7, 11) is -3.14. The SMILES string of the molecule is O=C(CCl)N=C1S[C@@H]2CS(=O)(=O)C[C@@H]2N1c1cccc(F)c1. The van der Waals surface area contributed by atoms with E-state index in [4.69, 9.17) is 11.6 Å². The van der Waals surface area contributed by atoms with Gasteiger partial charge in [-0.25, -0.2) is 12.8 Å². The highest BCUT2D eigenvalue weighted by atomic mass is 35.5. The summed E-state index contributed by atoms with van der Waals surface area (Å²) < 4.78 is 37.2. The van der Waals surface area contributed by atoms with Crippen LogP contribution in [0.25, 0.3) is 0 Å². The van der Waals surface area contributed by atoms with Crippen LogP contribution in [-0.2, 0) is 14.6 Å². The summed E-state index contributed by atoms with van der Waals surface area (Å²) >= 11 is 6.71. The first-order chi connectivity index (χ1) is 10.4. The van der Waals surface area contributed by atoms with Crippen LogP contribution in [-0.4, -0.2) is 48.2 Å². The largest absolute Gasteiger partial charge is 0.315 e. The number of rotatable bonds is 2. The molecule has 2 aliphatic heterocycles. The van der Waals surface area contributed by atoms with E-state index >= 15 is 0 Å². The summed E-state index contributed by atoms with van der Waals surface area (Å²) in [5.41, 5.74) is 0.484. The first-order valence-corrected chi connectivity index (χ1v) is 9.72. The topological polar surface area (TPSA) is 66.8 Å². The number of alkyl halides is 1. The molecule has 0 spiro atoms. The zero-order chi connectivity index (χ0) is 15.9. The number of benzene rings is 1. The van der Waals surface area contributed by atoms with E-state index in [2.05, 4.69) is 4.99 Å². The summed E-state index contributed by atoms with van der Waals surface area (Å²) in [6.07, 6.45) is 0. The minimum Gasteiger partial charge on any atom is -0.315 e. The lowest BCUT2D eigenvalue weighted by molar-refractivity contribution is -0.115. The third kappa shape index (κ3) is 3.00. The molecule has 0 aliphatic carbocycles. The Morgan fingerprint density at radius 1 is 1.45 bits per heavy atom. The number of hydrogen-bond acceptors (Lipinski definition) is 4. The van der Waals surface area contributed by atoms with Gasteiger partial charge in [0.2, 0.25) is 0 Å². The van der Waals surface area contributed by atoms with Crippen LogP contribution in [0.4, 0.5) is 10.1 Å². The predicted molar refractivity (Wildman–Crippen MR) is 85.9 cm³/mol. The van der Waals surface area contributed by atoms with E-state index in [0.717, 1.165) is 0 Å². The van der Waals surface area contributed by atoms with Crippen LogP contribution in [0, 0.1) is 5.82 Å². The molecule has 9 heteroatoms. The molecule has 0 saturated carbocycles. The van der Waals surface area contributed by atoms with E-state index in [1.807, 2.05) is 0 Å². The molecule has 118 valence electrons. The second-order valence-corrected chi connectivity index (χ2v) is 8.70. The van der Waals surface area contributed by atoms with Crippen molar-refractivity contribution in [2.24, 2.45) is 4.99 Å². The van der Waals surface area contributed by atoms with Crippen molar-refractivity contribution in [2.75, 3.05) is 22.3 Å². The van der Waals surface area contributed by atoms with E-state index in [-0.39, 0.29) is 28.7 Å². The van der Waals surface area contributed by atoms with Gasteiger partial charge >= 0.3 is 0 Å². The van der Waals surface area contributed by atoms with E-state index in [1.165, 1.54) is 30.0 Å². The zero-order valence-corrected chi connectivity index (χ0v) is 13.7. The number of anilines is 1. The van der Waals surface area contributed by atoms with Gasteiger partial charge in [-0.1, -0.05) is 17.8 Å². The van der Waals surface area contributed by atoms with E-state index in [9.17, 15) is 17.6 Å². The number of halogens is 2. The molecule has 0 aromatic heterocycles. The first kappa shape index (κ1) is 15.8. The predicted octanol–water partition coefficient (Wildman–Crippen LogP) is 1.67. The summed E-state index contributed by atoms with van der Waals surface area (Å²) in [4.78, 5) is 17.1. The maximum absolute atomic E-state index is 13.5. The average Bonchev–Trinajstić information content (AvgIpc) is 2.89. The number of amides is 1. The molecule has 5 nitrogen and oxygen atoms in total. The molecular weight excluding hydrogens is 351 g/mol. The summed E-state index contributed by atoms with van der Waals surface area (Å²) in [6.45, 7) is 0. The van der Waals surface area contributed by atoms with E-state index in [0.29, 0.717) is 10.9 Å². The van der Waals surface area contributed by atoms with Crippen molar-refractivity contribution >= 4 is 50.0 Å². The van der Waals surface area contributed by atoms with Gasteiger partial charge < -0.3 is 4.90 Å². The fraction of sp³-hybridized carbons (Fsp3) is 0.385. The van der Waals surface area contributed by atoms with Crippen molar-refractivity contribution in [1.29, 1.82) is 0 Å². The Balaban J connectivity index is 2.03. The van der Waals surface area contributed by atoms with Crippen molar-refractivity contribution in [1.82, 2.24) is 0 Å². The molecular formula is C13H12ClFN2O3S2. The average molecular weight is 363 g/mol. The Labute approximate surface area is 136 Å². The monoisotopic (exact) mass is 362 g/mol. The Morgan fingerprint density at radius 2 is 2.23 bits per heavy atom. The molecule has 2 fully saturated rings. The van der Waals surface area contributed by atoms with Gasteiger partial charge in [0.15, 0.2) is 15.0 Å². The molecule has 1 amide bonds. The number of nitrogens with zero attached hydrogens (tertiary/aromatic N) is 2. The lowest BCUT2D eigenvalue weighted by atomic mass is 10.2. The van der Waals surface area contributed by atoms with Gasteiger partial charge in [-0.2, -0.15) is 4.99 Å². The minimum absolute atomic E-state index is 0.0300. The fourth-order valence-electron chi connectivity index (χ4n) is 2.63. The number of thioether (sulfide) groups is 1. The van der Waals surface area contributed by atoms with Crippen LogP contribution in [0.5, 0.6) is 0 Å². The van der Waals surface area contributed by atoms with E-state index in [1.54, 1.807) is 11.0 Å². The Morgan fingerprint density at radius 3 is 2.91 bits per heavy atom. The molecule has 0 bridgehead atoms. The molecule has 3 rings (SSSR count). The van der Waals surface area contributed by atoms with Gasteiger partial charge in [0.25, 0.3) is 5.91 Å². The number of sulfone groups is 1. The quantitative estimate of drug-likeness (QED) is 0.749. The zero-order valence-electron chi connectivity index (χ0n) is 11.3.